The van der Waals surface area contributed by atoms with Gasteiger partial charge in [-0.25, -0.2) is 8.42 Å². The lowest BCUT2D eigenvalue weighted by molar-refractivity contribution is -0.115. The molecule has 0 unspecified atom stereocenters. The number of amides is 1. The summed E-state index contributed by atoms with van der Waals surface area (Å²) in [6, 6.07) is 5.86. The SMILES string of the molecule is CS(=O)(=O)c1ccc(NC(=O)CC(N)=S)cc1. The Labute approximate surface area is 105 Å². The molecule has 17 heavy (non-hydrogen) atoms. The molecule has 1 aromatic rings. The van der Waals surface area contributed by atoms with E-state index in [4.69, 9.17) is 5.73 Å². The van der Waals surface area contributed by atoms with Gasteiger partial charge in [0.1, 0.15) is 0 Å². The van der Waals surface area contributed by atoms with E-state index in [1.54, 1.807) is 0 Å². The third-order valence-corrected chi connectivity index (χ3v) is 3.17. The molecule has 92 valence electrons. The van der Waals surface area contributed by atoms with Crippen LogP contribution in [0.15, 0.2) is 29.2 Å². The number of carbonyl (C=O) groups excluding carboxylic acids is 1. The van der Waals surface area contributed by atoms with E-state index in [9.17, 15) is 13.2 Å². The topological polar surface area (TPSA) is 89.3 Å². The van der Waals surface area contributed by atoms with Gasteiger partial charge in [-0.2, -0.15) is 0 Å². The van der Waals surface area contributed by atoms with Gasteiger partial charge in [0.15, 0.2) is 9.84 Å². The number of nitrogens with one attached hydrogen (secondary N) is 1. The highest BCUT2D eigenvalue weighted by Gasteiger charge is 2.07. The number of rotatable bonds is 4. The minimum Gasteiger partial charge on any atom is -0.393 e. The van der Waals surface area contributed by atoms with Crippen LogP contribution in [0.25, 0.3) is 0 Å². The Morgan fingerprint density at radius 3 is 2.29 bits per heavy atom. The van der Waals surface area contributed by atoms with E-state index < -0.39 is 9.84 Å². The third kappa shape index (κ3) is 4.49. The highest BCUT2D eigenvalue weighted by molar-refractivity contribution is 7.90. The molecule has 0 atom stereocenters. The molecular weight excluding hydrogens is 260 g/mol. The zero-order valence-corrected chi connectivity index (χ0v) is 10.8. The number of hydrogen-bond acceptors (Lipinski definition) is 4. The van der Waals surface area contributed by atoms with Crippen LogP contribution < -0.4 is 11.1 Å². The Hall–Kier alpha value is -1.47. The molecule has 0 aliphatic rings. The molecule has 0 aromatic heterocycles. The van der Waals surface area contributed by atoms with Crippen LogP contribution in [0.1, 0.15) is 6.42 Å². The highest BCUT2D eigenvalue weighted by atomic mass is 32.2. The maximum atomic E-state index is 11.3. The summed E-state index contributed by atoms with van der Waals surface area (Å²) >= 11 is 4.60. The van der Waals surface area contributed by atoms with E-state index in [2.05, 4.69) is 17.5 Å². The third-order valence-electron chi connectivity index (χ3n) is 1.90. The van der Waals surface area contributed by atoms with Crippen LogP contribution in [0.5, 0.6) is 0 Å². The Morgan fingerprint density at radius 1 is 1.35 bits per heavy atom. The maximum absolute atomic E-state index is 11.3. The molecular formula is C10H12N2O3S2. The number of thiocarbonyl (C=S) groups is 1. The molecule has 0 radical (unpaired) electrons. The second-order valence-corrected chi connectivity index (χ2v) is 6.03. The summed E-state index contributed by atoms with van der Waals surface area (Å²) in [5, 5.41) is 2.55. The minimum atomic E-state index is -3.22. The fourth-order valence-electron chi connectivity index (χ4n) is 1.15. The first-order valence-corrected chi connectivity index (χ1v) is 6.97. The van der Waals surface area contributed by atoms with Crippen molar-refractivity contribution >= 4 is 38.6 Å². The van der Waals surface area contributed by atoms with Crippen molar-refractivity contribution in [3.8, 4) is 0 Å². The van der Waals surface area contributed by atoms with Gasteiger partial charge in [0.05, 0.1) is 16.3 Å². The van der Waals surface area contributed by atoms with Gasteiger partial charge in [-0.05, 0) is 24.3 Å². The minimum absolute atomic E-state index is 0.0385. The number of nitrogens with two attached hydrogens (primary N) is 1. The van der Waals surface area contributed by atoms with Crippen molar-refractivity contribution in [1.82, 2.24) is 0 Å². The molecule has 1 amide bonds. The summed E-state index contributed by atoms with van der Waals surface area (Å²) < 4.78 is 22.4. The Bertz CT molecular complexity index is 535. The highest BCUT2D eigenvalue weighted by Crippen LogP contribution is 2.13. The number of benzene rings is 1. The summed E-state index contributed by atoms with van der Waals surface area (Å²) in [6.07, 6.45) is 1.08. The fraction of sp³-hybridized carbons (Fsp3) is 0.200. The monoisotopic (exact) mass is 272 g/mol. The number of hydrogen-bond donors (Lipinski definition) is 2. The van der Waals surface area contributed by atoms with Gasteiger partial charge >= 0.3 is 0 Å². The molecule has 7 heteroatoms. The zero-order chi connectivity index (χ0) is 13.1. The van der Waals surface area contributed by atoms with Crippen molar-refractivity contribution in [3.63, 3.8) is 0 Å². The normalized spacial score (nSPS) is 10.9. The zero-order valence-electron chi connectivity index (χ0n) is 9.14. The summed E-state index contributed by atoms with van der Waals surface area (Å²) in [7, 11) is -3.22. The standard InChI is InChI=1S/C10H12N2O3S2/c1-17(14,15)8-4-2-7(3-5-8)12-10(13)6-9(11)16/h2-5H,6H2,1H3,(H2,11,16)(H,12,13). The average Bonchev–Trinajstić information content (AvgIpc) is 2.15. The molecule has 0 bridgehead atoms. The quantitative estimate of drug-likeness (QED) is 0.788. The molecule has 0 fully saturated rings. The first-order valence-electron chi connectivity index (χ1n) is 4.67. The van der Waals surface area contributed by atoms with E-state index in [0.29, 0.717) is 5.69 Å². The van der Waals surface area contributed by atoms with Gasteiger partial charge in [-0.15, -0.1) is 0 Å². The lowest BCUT2D eigenvalue weighted by Gasteiger charge is -2.05. The molecule has 0 aliphatic carbocycles. The molecule has 0 aliphatic heterocycles. The summed E-state index contributed by atoms with van der Waals surface area (Å²) in [4.78, 5) is 11.6. The number of sulfone groups is 1. The number of anilines is 1. The lowest BCUT2D eigenvalue weighted by Crippen LogP contribution is -2.20. The van der Waals surface area contributed by atoms with Crippen molar-refractivity contribution < 1.29 is 13.2 Å². The van der Waals surface area contributed by atoms with E-state index in [1.807, 2.05) is 0 Å². The van der Waals surface area contributed by atoms with Crippen LogP contribution >= 0.6 is 12.2 Å². The van der Waals surface area contributed by atoms with Crippen LogP contribution in [-0.2, 0) is 14.6 Å². The van der Waals surface area contributed by atoms with Gasteiger partial charge in [-0.1, -0.05) is 12.2 Å². The van der Waals surface area contributed by atoms with Crippen molar-refractivity contribution in [2.24, 2.45) is 5.73 Å². The first kappa shape index (κ1) is 13.6. The largest absolute Gasteiger partial charge is 0.393 e. The molecule has 1 rings (SSSR count). The van der Waals surface area contributed by atoms with Gasteiger partial charge in [0.25, 0.3) is 0 Å². The number of carbonyl (C=O) groups is 1. The van der Waals surface area contributed by atoms with E-state index in [-0.39, 0.29) is 22.2 Å². The molecule has 3 N–H and O–H groups in total. The predicted octanol–water partition coefficient (Wildman–Crippen LogP) is 0.705. The van der Waals surface area contributed by atoms with Crippen LogP contribution in [0, 0.1) is 0 Å². The Kier molecular flexibility index (Phi) is 4.19. The van der Waals surface area contributed by atoms with Gasteiger partial charge < -0.3 is 11.1 Å². The summed E-state index contributed by atoms with van der Waals surface area (Å²) in [6.45, 7) is 0. The van der Waals surface area contributed by atoms with Crippen molar-refractivity contribution in [3.05, 3.63) is 24.3 Å². The molecule has 0 heterocycles. The second-order valence-electron chi connectivity index (χ2n) is 3.49. The summed E-state index contributed by atoms with van der Waals surface area (Å²) in [5.41, 5.74) is 5.72. The maximum Gasteiger partial charge on any atom is 0.231 e. The van der Waals surface area contributed by atoms with Gasteiger partial charge in [-0.3, -0.25) is 4.79 Å². The molecule has 0 saturated carbocycles. The van der Waals surface area contributed by atoms with E-state index in [0.717, 1.165) is 6.26 Å². The van der Waals surface area contributed by atoms with Crippen LogP contribution in [0.2, 0.25) is 0 Å². The van der Waals surface area contributed by atoms with Gasteiger partial charge in [0, 0.05) is 11.9 Å². The molecule has 5 nitrogen and oxygen atoms in total. The first-order chi connectivity index (χ1) is 7.79. The Balaban J connectivity index is 2.76. The predicted molar refractivity (Wildman–Crippen MR) is 69.6 cm³/mol. The lowest BCUT2D eigenvalue weighted by atomic mass is 10.3. The van der Waals surface area contributed by atoms with Crippen molar-refractivity contribution in [2.45, 2.75) is 11.3 Å². The molecule has 0 spiro atoms. The second kappa shape index (κ2) is 5.24. The van der Waals surface area contributed by atoms with Crippen LogP contribution in [0.4, 0.5) is 5.69 Å². The van der Waals surface area contributed by atoms with Crippen molar-refractivity contribution in [2.75, 3.05) is 11.6 Å². The molecule has 0 saturated heterocycles. The van der Waals surface area contributed by atoms with E-state index in [1.165, 1.54) is 24.3 Å². The van der Waals surface area contributed by atoms with Crippen LogP contribution in [-0.4, -0.2) is 25.6 Å². The summed E-state index contributed by atoms with van der Waals surface area (Å²) in [5.74, 6) is -0.329. The average molecular weight is 272 g/mol. The Morgan fingerprint density at radius 2 is 1.88 bits per heavy atom. The van der Waals surface area contributed by atoms with Crippen molar-refractivity contribution in [1.29, 1.82) is 0 Å². The van der Waals surface area contributed by atoms with E-state index >= 15 is 0 Å². The smallest absolute Gasteiger partial charge is 0.231 e. The van der Waals surface area contributed by atoms with Gasteiger partial charge in [0.2, 0.25) is 5.91 Å². The van der Waals surface area contributed by atoms with Crippen LogP contribution in [0.3, 0.4) is 0 Å². The fourth-order valence-corrected chi connectivity index (χ4v) is 1.91. The molecule has 1 aromatic carbocycles.